The number of carbonyl (C=O) groups is 2. The van der Waals surface area contributed by atoms with Gasteiger partial charge < -0.3 is 21.7 Å². The number of amides is 3. The lowest BCUT2D eigenvalue weighted by molar-refractivity contribution is -0.119. The Balaban J connectivity index is 2.30. The predicted octanol–water partition coefficient (Wildman–Crippen LogP) is 1.76. The molecule has 3 amide bonds. The molecule has 0 saturated heterocycles. The van der Waals surface area contributed by atoms with E-state index >= 15 is 0 Å². The number of nitrogens with zero attached hydrogens (tertiary/aromatic N) is 2. The second-order valence-electron chi connectivity index (χ2n) is 6.76. The van der Waals surface area contributed by atoms with Crippen molar-refractivity contribution in [1.82, 2.24) is 20.6 Å². The smallest absolute Gasteiger partial charge is 0.315 e. The highest BCUT2D eigenvalue weighted by atomic mass is 16.2. The summed E-state index contributed by atoms with van der Waals surface area (Å²) >= 11 is 0. The van der Waals surface area contributed by atoms with E-state index in [4.69, 9.17) is 5.73 Å². The Labute approximate surface area is 153 Å². The van der Waals surface area contributed by atoms with Crippen LogP contribution in [0.3, 0.4) is 0 Å². The highest BCUT2D eigenvalue weighted by Crippen LogP contribution is 2.22. The van der Waals surface area contributed by atoms with Gasteiger partial charge in [0.05, 0.1) is 12.1 Å². The number of hydrogen-bond donors (Lipinski definition) is 4. The molecule has 1 aromatic heterocycles. The Morgan fingerprint density at radius 2 is 1.81 bits per heavy atom. The number of nitrogens with one attached hydrogen (secondary N) is 3. The Bertz CT molecular complexity index is 790. The summed E-state index contributed by atoms with van der Waals surface area (Å²) < 4.78 is 0. The van der Waals surface area contributed by atoms with Crippen molar-refractivity contribution in [3.05, 3.63) is 30.1 Å². The fraction of sp³-hybridized carbons (Fsp3) is 0.444. The van der Waals surface area contributed by atoms with E-state index in [0.717, 1.165) is 10.9 Å². The van der Waals surface area contributed by atoms with E-state index in [9.17, 15) is 9.59 Å². The monoisotopic (exact) mass is 358 g/mol. The van der Waals surface area contributed by atoms with Crippen LogP contribution in [0.5, 0.6) is 0 Å². The number of nitrogens with two attached hydrogens (primary N) is 1. The molecule has 1 heterocycles. The molecule has 0 bridgehead atoms. The Kier molecular flexibility index (Phi) is 6.32. The van der Waals surface area contributed by atoms with Gasteiger partial charge in [-0.2, -0.15) is 0 Å². The summed E-state index contributed by atoms with van der Waals surface area (Å²) in [5.41, 5.74) is 6.22. The number of rotatable bonds is 7. The van der Waals surface area contributed by atoms with Crippen molar-refractivity contribution in [3.63, 3.8) is 0 Å². The first kappa shape index (κ1) is 19.4. The average Bonchev–Trinajstić information content (AvgIpc) is 2.56. The van der Waals surface area contributed by atoms with Gasteiger partial charge in [-0.1, -0.05) is 26.0 Å². The Morgan fingerprint density at radius 1 is 1.12 bits per heavy atom. The molecule has 0 radical (unpaired) electrons. The van der Waals surface area contributed by atoms with Crippen LogP contribution >= 0.6 is 0 Å². The SMILES string of the molecule is CC(C)NC(=O)NCc1nc(N[C@H](C(N)=O)C(C)C)c2ccccc2n1. The van der Waals surface area contributed by atoms with Crippen molar-refractivity contribution >= 4 is 28.7 Å². The molecule has 0 saturated carbocycles. The molecule has 1 atom stereocenters. The van der Waals surface area contributed by atoms with Crippen molar-refractivity contribution in [2.45, 2.75) is 46.3 Å². The highest BCUT2D eigenvalue weighted by Gasteiger charge is 2.21. The molecule has 140 valence electrons. The quantitative estimate of drug-likeness (QED) is 0.601. The molecule has 0 spiro atoms. The molecule has 2 rings (SSSR count). The summed E-state index contributed by atoms with van der Waals surface area (Å²) in [6, 6.07) is 6.66. The molecule has 8 nitrogen and oxygen atoms in total. The zero-order valence-corrected chi connectivity index (χ0v) is 15.5. The van der Waals surface area contributed by atoms with Crippen LogP contribution in [0.4, 0.5) is 10.6 Å². The topological polar surface area (TPSA) is 122 Å². The van der Waals surface area contributed by atoms with Gasteiger partial charge in [0.1, 0.15) is 11.9 Å². The van der Waals surface area contributed by atoms with Crippen LogP contribution in [0.2, 0.25) is 0 Å². The van der Waals surface area contributed by atoms with Crippen LogP contribution in [-0.2, 0) is 11.3 Å². The van der Waals surface area contributed by atoms with Crippen molar-refractivity contribution in [1.29, 1.82) is 0 Å². The van der Waals surface area contributed by atoms with Gasteiger partial charge >= 0.3 is 6.03 Å². The fourth-order valence-electron chi connectivity index (χ4n) is 2.50. The van der Waals surface area contributed by atoms with Gasteiger partial charge in [-0.05, 0) is 31.9 Å². The van der Waals surface area contributed by atoms with Crippen LogP contribution in [0.15, 0.2) is 24.3 Å². The number of hydrogen-bond acceptors (Lipinski definition) is 5. The summed E-state index contributed by atoms with van der Waals surface area (Å²) in [6.07, 6.45) is 0. The largest absolute Gasteiger partial charge is 0.368 e. The number of primary amides is 1. The zero-order chi connectivity index (χ0) is 19.3. The molecule has 2 aromatic rings. The molecule has 5 N–H and O–H groups in total. The maximum Gasteiger partial charge on any atom is 0.315 e. The third-order valence-electron chi connectivity index (χ3n) is 3.74. The lowest BCUT2D eigenvalue weighted by atomic mass is 10.0. The second-order valence-corrected chi connectivity index (χ2v) is 6.76. The van der Waals surface area contributed by atoms with Crippen molar-refractivity contribution in [2.75, 3.05) is 5.32 Å². The summed E-state index contributed by atoms with van der Waals surface area (Å²) in [4.78, 5) is 32.5. The third-order valence-corrected chi connectivity index (χ3v) is 3.74. The number of para-hydroxylation sites is 1. The van der Waals surface area contributed by atoms with E-state index in [1.807, 2.05) is 52.0 Å². The predicted molar refractivity (Wildman–Crippen MR) is 101 cm³/mol. The van der Waals surface area contributed by atoms with E-state index in [2.05, 4.69) is 25.9 Å². The van der Waals surface area contributed by atoms with Crippen molar-refractivity contribution in [3.8, 4) is 0 Å². The van der Waals surface area contributed by atoms with Gasteiger partial charge in [0.15, 0.2) is 5.82 Å². The van der Waals surface area contributed by atoms with Crippen LogP contribution in [0, 0.1) is 5.92 Å². The number of carbonyl (C=O) groups excluding carboxylic acids is 2. The normalized spacial score (nSPS) is 12.2. The van der Waals surface area contributed by atoms with E-state index in [-0.39, 0.29) is 24.5 Å². The minimum Gasteiger partial charge on any atom is -0.368 e. The van der Waals surface area contributed by atoms with E-state index in [1.165, 1.54) is 0 Å². The maximum absolute atomic E-state index is 11.8. The van der Waals surface area contributed by atoms with Crippen LogP contribution in [-0.4, -0.2) is 34.0 Å². The number of fused-ring (bicyclic) bond motifs is 1. The molecule has 8 heteroatoms. The van der Waals surface area contributed by atoms with Gasteiger partial charge in [0.2, 0.25) is 5.91 Å². The first-order valence-electron chi connectivity index (χ1n) is 8.63. The van der Waals surface area contributed by atoms with E-state index in [0.29, 0.717) is 11.6 Å². The standard InChI is InChI=1S/C18H26N6O2/c1-10(2)15(16(19)25)24-17-12-7-5-6-8-13(12)22-14(23-17)9-20-18(26)21-11(3)4/h5-8,10-11,15H,9H2,1-4H3,(H2,19,25)(H2,20,21,26)(H,22,23,24)/t15-/m0/s1. The van der Waals surface area contributed by atoms with Crippen LogP contribution < -0.4 is 21.7 Å². The van der Waals surface area contributed by atoms with Crippen molar-refractivity contribution in [2.24, 2.45) is 11.7 Å². The average molecular weight is 358 g/mol. The number of aromatic nitrogens is 2. The summed E-state index contributed by atoms with van der Waals surface area (Å²) in [6.45, 7) is 7.74. The first-order valence-corrected chi connectivity index (χ1v) is 8.63. The van der Waals surface area contributed by atoms with E-state index in [1.54, 1.807) is 0 Å². The molecule has 0 aliphatic carbocycles. The van der Waals surface area contributed by atoms with Crippen LogP contribution in [0.1, 0.15) is 33.5 Å². The van der Waals surface area contributed by atoms with Gasteiger partial charge in [-0.3, -0.25) is 4.79 Å². The lowest BCUT2D eigenvalue weighted by Gasteiger charge is -2.21. The molecule has 0 aliphatic rings. The minimum absolute atomic E-state index is 0.000350. The highest BCUT2D eigenvalue weighted by molar-refractivity contribution is 5.92. The number of anilines is 1. The summed E-state index contributed by atoms with van der Waals surface area (Å²) in [7, 11) is 0. The molecular formula is C18H26N6O2. The number of benzene rings is 1. The van der Waals surface area contributed by atoms with Gasteiger partial charge in [0.25, 0.3) is 0 Å². The molecule has 0 aliphatic heterocycles. The molecule has 26 heavy (non-hydrogen) atoms. The Hall–Kier alpha value is -2.90. The van der Waals surface area contributed by atoms with Gasteiger partial charge in [-0.25, -0.2) is 14.8 Å². The number of urea groups is 1. The van der Waals surface area contributed by atoms with Crippen molar-refractivity contribution < 1.29 is 9.59 Å². The molecular weight excluding hydrogens is 332 g/mol. The molecule has 1 aromatic carbocycles. The second kappa shape index (κ2) is 8.46. The Morgan fingerprint density at radius 3 is 2.42 bits per heavy atom. The van der Waals surface area contributed by atoms with Crippen LogP contribution in [0.25, 0.3) is 10.9 Å². The van der Waals surface area contributed by atoms with Gasteiger partial charge in [-0.15, -0.1) is 0 Å². The fourth-order valence-corrected chi connectivity index (χ4v) is 2.50. The zero-order valence-electron chi connectivity index (χ0n) is 15.5. The summed E-state index contributed by atoms with van der Waals surface area (Å²) in [5.74, 6) is 0.518. The maximum atomic E-state index is 11.8. The summed E-state index contributed by atoms with van der Waals surface area (Å²) in [5, 5.41) is 9.39. The molecule has 0 unspecified atom stereocenters. The molecule has 0 fully saturated rings. The van der Waals surface area contributed by atoms with Gasteiger partial charge in [0, 0.05) is 11.4 Å². The minimum atomic E-state index is -0.557. The third kappa shape index (κ3) is 5.05. The van der Waals surface area contributed by atoms with E-state index < -0.39 is 11.9 Å². The first-order chi connectivity index (χ1) is 12.3. The lowest BCUT2D eigenvalue weighted by Crippen LogP contribution is -2.40.